The van der Waals surface area contributed by atoms with Gasteiger partial charge in [-0.3, -0.25) is 4.72 Å². The Hall–Kier alpha value is -3.02. The third-order valence-corrected chi connectivity index (χ3v) is 7.78. The maximum Gasteiger partial charge on any atom is 0.266 e. The van der Waals surface area contributed by atoms with Gasteiger partial charge in [-0.15, -0.1) is 22.7 Å². The molecule has 2 aromatic carbocycles. The van der Waals surface area contributed by atoms with Gasteiger partial charge in [0, 0.05) is 22.6 Å². The highest BCUT2D eigenvalue weighted by molar-refractivity contribution is 7.93. The number of aromatic nitrogens is 2. The van der Waals surface area contributed by atoms with Crippen molar-refractivity contribution in [2.45, 2.75) is 37.7 Å². The topological polar surface area (TPSA) is 93.2 Å². The molecular weight excluding hydrogens is 495 g/mol. The fourth-order valence-corrected chi connectivity index (χ4v) is 5.57. The van der Waals surface area contributed by atoms with Crippen LogP contribution in [0.5, 0.6) is 5.75 Å². The molecule has 0 amide bonds. The van der Waals surface area contributed by atoms with Gasteiger partial charge in [0.1, 0.15) is 23.1 Å². The number of rotatable bonds is 8. The molecule has 7 nitrogen and oxygen atoms in total. The second kappa shape index (κ2) is 9.69. The first-order valence-corrected chi connectivity index (χ1v) is 13.5. The first-order valence-electron chi connectivity index (χ1n) is 10.3. The number of hydrogen-bond donors (Lipinski definition) is 2. The fraction of sp³-hybridized carbons (Fsp3) is 0.217. The number of benzene rings is 2. The molecule has 2 N–H and O–H groups in total. The van der Waals surface area contributed by atoms with E-state index in [0.29, 0.717) is 17.4 Å². The van der Waals surface area contributed by atoms with Gasteiger partial charge in [0.15, 0.2) is 10.3 Å². The third-order valence-electron chi connectivity index (χ3n) is 4.79. The second-order valence-electron chi connectivity index (χ2n) is 8.42. The van der Waals surface area contributed by atoms with Crippen molar-refractivity contribution in [3.63, 3.8) is 0 Å². The molecule has 0 fully saturated rings. The highest BCUT2D eigenvalue weighted by atomic mass is 32.2. The quantitative estimate of drug-likeness (QED) is 0.290. The Morgan fingerprint density at radius 2 is 1.82 bits per heavy atom. The molecule has 0 atom stereocenters. The minimum atomic E-state index is -4.08. The van der Waals surface area contributed by atoms with E-state index in [2.05, 4.69) is 40.8 Å². The van der Waals surface area contributed by atoms with Crippen LogP contribution in [0.3, 0.4) is 0 Å². The van der Waals surface area contributed by atoms with E-state index < -0.39 is 20.7 Å². The summed E-state index contributed by atoms with van der Waals surface area (Å²) < 4.78 is 47.5. The van der Waals surface area contributed by atoms with Crippen molar-refractivity contribution in [2.24, 2.45) is 0 Å². The molecule has 0 spiro atoms. The van der Waals surface area contributed by atoms with Crippen molar-refractivity contribution in [1.82, 2.24) is 9.97 Å². The Balaban J connectivity index is 1.37. The zero-order valence-corrected chi connectivity index (χ0v) is 21.2. The Morgan fingerprint density at radius 1 is 1.06 bits per heavy atom. The number of thiazole rings is 2. The SMILES string of the molecule is CC(C)(C)c1ccc(OCc2csc(Nc3ccc(S(=O)(=O)Nc4nccs4)c(F)c3)n2)cc1. The standard InChI is InChI=1S/C23H23FN4O3S3/c1-23(2,3)15-4-7-18(8-5-15)31-13-17-14-33-22(27-17)26-16-6-9-20(19(24)12-16)34(29,30)28-21-25-10-11-32-21/h4-12,14H,13H2,1-3H3,(H,25,28)(H,26,27). The van der Waals surface area contributed by atoms with Crippen LogP contribution in [-0.4, -0.2) is 18.4 Å². The lowest BCUT2D eigenvalue weighted by Crippen LogP contribution is -2.14. The van der Waals surface area contributed by atoms with Gasteiger partial charge in [0.05, 0.1) is 5.69 Å². The molecule has 4 rings (SSSR count). The number of nitrogens with zero attached hydrogens (tertiary/aromatic N) is 2. The monoisotopic (exact) mass is 518 g/mol. The lowest BCUT2D eigenvalue weighted by Gasteiger charge is -2.19. The van der Waals surface area contributed by atoms with Gasteiger partial charge >= 0.3 is 0 Å². The highest BCUT2D eigenvalue weighted by Gasteiger charge is 2.21. The van der Waals surface area contributed by atoms with Crippen molar-refractivity contribution in [3.05, 3.63) is 76.5 Å². The highest BCUT2D eigenvalue weighted by Crippen LogP contribution is 2.27. The van der Waals surface area contributed by atoms with Crippen LogP contribution in [0.2, 0.25) is 0 Å². The van der Waals surface area contributed by atoms with Crippen LogP contribution in [0, 0.1) is 5.82 Å². The number of sulfonamides is 1. The summed E-state index contributed by atoms with van der Waals surface area (Å²) in [5, 5.41) is 7.18. The maximum absolute atomic E-state index is 14.6. The normalized spacial score (nSPS) is 11.9. The summed E-state index contributed by atoms with van der Waals surface area (Å²) in [6.07, 6.45) is 1.46. The van der Waals surface area contributed by atoms with Crippen LogP contribution in [0.4, 0.5) is 20.3 Å². The molecule has 34 heavy (non-hydrogen) atoms. The number of nitrogens with one attached hydrogen (secondary N) is 2. The lowest BCUT2D eigenvalue weighted by molar-refractivity contribution is 0.302. The summed E-state index contributed by atoms with van der Waals surface area (Å²) in [7, 11) is -4.08. The Kier molecular flexibility index (Phi) is 6.87. The molecule has 0 aliphatic rings. The van der Waals surface area contributed by atoms with Crippen LogP contribution in [-0.2, 0) is 22.0 Å². The number of hydrogen-bond acceptors (Lipinski definition) is 8. The average molecular weight is 519 g/mol. The lowest BCUT2D eigenvalue weighted by atomic mass is 9.87. The summed E-state index contributed by atoms with van der Waals surface area (Å²) in [5.41, 5.74) is 2.41. The first kappa shape index (κ1) is 24.1. The van der Waals surface area contributed by atoms with E-state index in [4.69, 9.17) is 4.74 Å². The van der Waals surface area contributed by atoms with Gasteiger partial charge in [0.25, 0.3) is 10.0 Å². The van der Waals surface area contributed by atoms with Crippen LogP contribution < -0.4 is 14.8 Å². The Labute approximate surface area is 205 Å². The van der Waals surface area contributed by atoms with E-state index in [1.165, 1.54) is 35.2 Å². The zero-order chi connectivity index (χ0) is 24.3. The smallest absolute Gasteiger partial charge is 0.266 e. The predicted molar refractivity (Wildman–Crippen MR) is 134 cm³/mol. The van der Waals surface area contributed by atoms with Crippen molar-refractivity contribution < 1.29 is 17.5 Å². The van der Waals surface area contributed by atoms with E-state index in [0.717, 1.165) is 28.8 Å². The number of halogens is 1. The summed E-state index contributed by atoms with van der Waals surface area (Å²) >= 11 is 2.45. The minimum Gasteiger partial charge on any atom is -0.487 e. The number of anilines is 3. The number of ether oxygens (including phenoxy) is 1. The molecule has 2 aromatic heterocycles. The average Bonchev–Trinajstić information content (AvgIpc) is 3.43. The van der Waals surface area contributed by atoms with Crippen LogP contribution in [0.1, 0.15) is 32.0 Å². The van der Waals surface area contributed by atoms with Gasteiger partial charge in [-0.05, 0) is 41.3 Å². The molecule has 178 valence electrons. The van der Waals surface area contributed by atoms with Gasteiger partial charge in [-0.1, -0.05) is 32.9 Å². The molecule has 0 bridgehead atoms. The molecule has 0 aliphatic carbocycles. The minimum absolute atomic E-state index is 0.0771. The molecular formula is C23H23FN4O3S3. The van der Waals surface area contributed by atoms with Gasteiger partial charge in [-0.25, -0.2) is 22.8 Å². The van der Waals surface area contributed by atoms with Crippen molar-refractivity contribution in [3.8, 4) is 5.75 Å². The first-order chi connectivity index (χ1) is 16.1. The van der Waals surface area contributed by atoms with E-state index in [-0.39, 0.29) is 10.5 Å². The molecule has 0 radical (unpaired) electrons. The summed E-state index contributed by atoms with van der Waals surface area (Å²) in [4.78, 5) is 7.85. The Morgan fingerprint density at radius 3 is 2.47 bits per heavy atom. The Bertz CT molecular complexity index is 1360. The summed E-state index contributed by atoms with van der Waals surface area (Å²) in [5.74, 6) is -0.131. The summed E-state index contributed by atoms with van der Waals surface area (Å²) in [6.45, 7) is 6.76. The van der Waals surface area contributed by atoms with Gasteiger partial charge in [-0.2, -0.15) is 0 Å². The van der Waals surface area contributed by atoms with Crippen LogP contribution >= 0.6 is 22.7 Å². The van der Waals surface area contributed by atoms with Crippen molar-refractivity contribution >= 4 is 48.6 Å². The largest absolute Gasteiger partial charge is 0.487 e. The zero-order valence-electron chi connectivity index (χ0n) is 18.7. The fourth-order valence-electron chi connectivity index (χ4n) is 3.00. The molecule has 11 heteroatoms. The summed E-state index contributed by atoms with van der Waals surface area (Å²) in [6, 6.07) is 11.8. The van der Waals surface area contributed by atoms with Crippen molar-refractivity contribution in [1.29, 1.82) is 0 Å². The predicted octanol–water partition coefficient (Wildman–Crippen LogP) is 6.16. The van der Waals surface area contributed by atoms with E-state index in [1.54, 1.807) is 5.38 Å². The molecule has 2 heterocycles. The van der Waals surface area contributed by atoms with Crippen molar-refractivity contribution in [2.75, 3.05) is 10.0 Å². The molecule has 4 aromatic rings. The maximum atomic E-state index is 14.6. The van der Waals surface area contributed by atoms with Gasteiger partial charge in [0.2, 0.25) is 0 Å². The molecule has 0 unspecified atom stereocenters. The van der Waals surface area contributed by atoms with Crippen LogP contribution in [0.25, 0.3) is 0 Å². The van der Waals surface area contributed by atoms with E-state index >= 15 is 0 Å². The van der Waals surface area contributed by atoms with E-state index in [1.807, 2.05) is 29.6 Å². The van der Waals surface area contributed by atoms with E-state index in [9.17, 15) is 12.8 Å². The molecule has 0 saturated carbocycles. The van der Waals surface area contributed by atoms with Gasteiger partial charge < -0.3 is 10.1 Å². The molecule has 0 aliphatic heterocycles. The molecule has 0 saturated heterocycles. The third kappa shape index (κ3) is 5.91. The van der Waals surface area contributed by atoms with Crippen LogP contribution in [0.15, 0.2) is 64.3 Å². The second-order valence-corrected chi connectivity index (χ2v) is 11.8.